The van der Waals surface area contributed by atoms with Gasteiger partial charge in [-0.05, 0) is 62.9 Å². The lowest BCUT2D eigenvalue weighted by Crippen LogP contribution is -2.53. The topological polar surface area (TPSA) is 86.8 Å². The molecule has 1 N–H and O–H groups in total. The third-order valence-corrected chi connectivity index (χ3v) is 8.27. The van der Waals surface area contributed by atoms with Gasteiger partial charge in [0.15, 0.2) is 0 Å². The van der Waals surface area contributed by atoms with Crippen molar-refractivity contribution in [3.05, 3.63) is 95.6 Å². The molecular weight excluding hydrogens is 498 g/mol. The molecule has 0 bridgehead atoms. The van der Waals surface area contributed by atoms with Gasteiger partial charge >= 0.3 is 0 Å². The Kier molecular flexibility index (Phi) is 10.1. The van der Waals surface area contributed by atoms with E-state index in [1.165, 1.54) is 4.90 Å². The summed E-state index contributed by atoms with van der Waals surface area (Å²) in [5.74, 6) is -0.682. The van der Waals surface area contributed by atoms with Gasteiger partial charge in [-0.1, -0.05) is 73.2 Å². The van der Waals surface area contributed by atoms with Gasteiger partial charge in [0.25, 0.3) is 10.0 Å². The highest BCUT2D eigenvalue weighted by molar-refractivity contribution is 7.92. The number of sulfonamides is 1. The smallest absolute Gasteiger partial charge is 0.264 e. The first-order valence-corrected chi connectivity index (χ1v) is 14.4. The fraction of sp³-hybridized carbons (Fsp3) is 0.333. The van der Waals surface area contributed by atoms with E-state index in [0.717, 1.165) is 21.0 Å². The van der Waals surface area contributed by atoms with E-state index in [1.54, 1.807) is 36.4 Å². The Morgan fingerprint density at radius 3 is 2.11 bits per heavy atom. The SMILES string of the molecule is CCNC(=O)[C@@H](CC)N(CCc1ccccc1)C(=O)CN(c1ccccc1C)S(=O)(=O)c1ccc(C)cc1. The molecule has 0 aliphatic heterocycles. The molecule has 3 aromatic rings. The van der Waals surface area contributed by atoms with Gasteiger partial charge in [-0.25, -0.2) is 8.42 Å². The quantitative estimate of drug-likeness (QED) is 0.370. The average Bonchev–Trinajstić information content (AvgIpc) is 2.91. The van der Waals surface area contributed by atoms with E-state index in [1.807, 2.05) is 70.2 Å². The summed E-state index contributed by atoms with van der Waals surface area (Å²) < 4.78 is 28.9. The Morgan fingerprint density at radius 1 is 0.868 bits per heavy atom. The van der Waals surface area contributed by atoms with Gasteiger partial charge in [-0.2, -0.15) is 0 Å². The molecule has 0 fully saturated rings. The number of hydrogen-bond acceptors (Lipinski definition) is 4. The first kappa shape index (κ1) is 28.9. The van der Waals surface area contributed by atoms with E-state index in [2.05, 4.69) is 5.32 Å². The summed E-state index contributed by atoms with van der Waals surface area (Å²) in [4.78, 5) is 28.5. The summed E-state index contributed by atoms with van der Waals surface area (Å²) in [6.07, 6.45) is 0.943. The largest absolute Gasteiger partial charge is 0.355 e. The minimum Gasteiger partial charge on any atom is -0.355 e. The normalized spacial score (nSPS) is 12.0. The van der Waals surface area contributed by atoms with Crippen LogP contribution in [0.1, 0.15) is 37.0 Å². The van der Waals surface area contributed by atoms with Crippen LogP contribution in [-0.4, -0.2) is 50.8 Å². The van der Waals surface area contributed by atoms with Crippen molar-refractivity contribution >= 4 is 27.5 Å². The molecule has 38 heavy (non-hydrogen) atoms. The molecule has 3 rings (SSSR count). The molecule has 0 saturated carbocycles. The van der Waals surface area contributed by atoms with Crippen molar-refractivity contribution in [1.29, 1.82) is 0 Å². The Bertz CT molecular complexity index is 1330. The average molecular weight is 536 g/mol. The highest BCUT2D eigenvalue weighted by atomic mass is 32.2. The highest BCUT2D eigenvalue weighted by Gasteiger charge is 2.33. The summed E-state index contributed by atoms with van der Waals surface area (Å²) in [5, 5.41) is 2.82. The van der Waals surface area contributed by atoms with E-state index in [4.69, 9.17) is 0 Å². The number of likely N-dealkylation sites (N-methyl/N-ethyl adjacent to an activating group) is 1. The third-order valence-electron chi connectivity index (χ3n) is 6.49. The molecule has 0 aliphatic carbocycles. The minimum atomic E-state index is -4.07. The lowest BCUT2D eigenvalue weighted by Gasteiger charge is -2.33. The number of carbonyl (C=O) groups is 2. The lowest BCUT2D eigenvalue weighted by atomic mass is 10.1. The Hall–Kier alpha value is -3.65. The second-order valence-corrected chi connectivity index (χ2v) is 11.1. The van der Waals surface area contributed by atoms with E-state index in [0.29, 0.717) is 25.1 Å². The number of nitrogens with zero attached hydrogens (tertiary/aromatic N) is 2. The molecule has 0 unspecified atom stereocenters. The van der Waals surface area contributed by atoms with Crippen LogP contribution in [-0.2, 0) is 26.0 Å². The Morgan fingerprint density at radius 2 is 1.50 bits per heavy atom. The maximum atomic E-state index is 13.9. The first-order chi connectivity index (χ1) is 18.2. The van der Waals surface area contributed by atoms with Crippen LogP contribution >= 0.6 is 0 Å². The lowest BCUT2D eigenvalue weighted by molar-refractivity contribution is -0.139. The van der Waals surface area contributed by atoms with Crippen LogP contribution < -0.4 is 9.62 Å². The van der Waals surface area contributed by atoms with Crippen LogP contribution in [0.5, 0.6) is 0 Å². The number of aryl methyl sites for hydroxylation is 2. The van der Waals surface area contributed by atoms with Gasteiger partial charge in [0, 0.05) is 13.1 Å². The van der Waals surface area contributed by atoms with Crippen LogP contribution in [0.15, 0.2) is 83.8 Å². The summed E-state index contributed by atoms with van der Waals surface area (Å²) in [5.41, 5.74) is 3.11. The van der Waals surface area contributed by atoms with E-state index < -0.39 is 28.5 Å². The van der Waals surface area contributed by atoms with E-state index in [9.17, 15) is 18.0 Å². The van der Waals surface area contributed by atoms with Crippen molar-refractivity contribution in [2.24, 2.45) is 0 Å². The molecule has 0 aliphatic rings. The van der Waals surface area contributed by atoms with E-state index in [-0.39, 0.29) is 17.3 Å². The molecular formula is C30H37N3O4S. The van der Waals surface area contributed by atoms with Crippen molar-refractivity contribution in [2.45, 2.75) is 51.5 Å². The van der Waals surface area contributed by atoms with Gasteiger partial charge < -0.3 is 10.2 Å². The van der Waals surface area contributed by atoms with Crippen molar-refractivity contribution in [3.63, 3.8) is 0 Å². The number of nitrogens with one attached hydrogen (secondary N) is 1. The van der Waals surface area contributed by atoms with Crippen molar-refractivity contribution in [1.82, 2.24) is 10.2 Å². The van der Waals surface area contributed by atoms with Gasteiger partial charge in [-0.3, -0.25) is 13.9 Å². The molecule has 3 aromatic carbocycles. The maximum Gasteiger partial charge on any atom is 0.264 e. The van der Waals surface area contributed by atoms with Crippen LogP contribution in [0.2, 0.25) is 0 Å². The molecule has 0 saturated heterocycles. The number of carbonyl (C=O) groups excluding carboxylic acids is 2. The summed E-state index contributed by atoms with van der Waals surface area (Å²) in [7, 11) is -4.07. The van der Waals surface area contributed by atoms with Crippen molar-refractivity contribution in [2.75, 3.05) is 23.9 Å². The van der Waals surface area contributed by atoms with Gasteiger partial charge in [0.2, 0.25) is 11.8 Å². The second-order valence-electron chi connectivity index (χ2n) is 9.25. The number of benzene rings is 3. The third kappa shape index (κ3) is 7.01. The van der Waals surface area contributed by atoms with Crippen LogP contribution in [0.25, 0.3) is 0 Å². The van der Waals surface area contributed by atoms with Crippen LogP contribution in [0.4, 0.5) is 5.69 Å². The molecule has 8 heteroatoms. The molecule has 202 valence electrons. The predicted molar refractivity (Wildman–Crippen MR) is 152 cm³/mol. The Labute approximate surface area is 226 Å². The molecule has 1 atom stereocenters. The summed E-state index contributed by atoms with van der Waals surface area (Å²) >= 11 is 0. The number of anilines is 1. The standard InChI is InChI=1S/C30H37N3O4S/c1-5-27(30(35)31-6-2)32(21-20-25-13-8-7-9-14-25)29(34)22-33(28-15-11-10-12-24(28)4)38(36,37)26-18-16-23(3)17-19-26/h7-19,27H,5-6,20-22H2,1-4H3,(H,31,35)/t27-/m1/s1. The highest BCUT2D eigenvalue weighted by Crippen LogP contribution is 2.27. The van der Waals surface area contributed by atoms with Gasteiger partial charge in [0.05, 0.1) is 10.6 Å². The van der Waals surface area contributed by atoms with Crippen molar-refractivity contribution in [3.8, 4) is 0 Å². The molecule has 7 nitrogen and oxygen atoms in total. The fourth-order valence-electron chi connectivity index (χ4n) is 4.38. The van der Waals surface area contributed by atoms with Gasteiger partial charge in [0.1, 0.15) is 12.6 Å². The van der Waals surface area contributed by atoms with Crippen LogP contribution in [0.3, 0.4) is 0 Å². The van der Waals surface area contributed by atoms with E-state index >= 15 is 0 Å². The zero-order valence-corrected chi connectivity index (χ0v) is 23.4. The Balaban J connectivity index is 2.01. The maximum absolute atomic E-state index is 13.9. The summed E-state index contributed by atoms with van der Waals surface area (Å²) in [6.45, 7) is 7.67. The molecule has 0 spiro atoms. The molecule has 2 amide bonds. The zero-order valence-electron chi connectivity index (χ0n) is 22.6. The number of amides is 2. The molecule has 0 heterocycles. The summed E-state index contributed by atoms with van der Waals surface area (Å²) in [6, 6.07) is 22.7. The minimum absolute atomic E-state index is 0.103. The predicted octanol–water partition coefficient (Wildman–Crippen LogP) is 4.48. The second kappa shape index (κ2) is 13.2. The number of rotatable bonds is 12. The fourth-order valence-corrected chi connectivity index (χ4v) is 5.86. The van der Waals surface area contributed by atoms with Gasteiger partial charge in [-0.15, -0.1) is 0 Å². The molecule has 0 aromatic heterocycles. The monoisotopic (exact) mass is 535 g/mol. The van der Waals surface area contributed by atoms with Crippen molar-refractivity contribution < 1.29 is 18.0 Å². The first-order valence-electron chi connectivity index (χ1n) is 12.9. The zero-order chi connectivity index (χ0) is 27.7. The number of para-hydroxylation sites is 1. The molecule has 0 radical (unpaired) electrons. The van der Waals surface area contributed by atoms with Crippen LogP contribution in [0, 0.1) is 13.8 Å². The number of hydrogen-bond donors (Lipinski definition) is 1.